The summed E-state index contributed by atoms with van der Waals surface area (Å²) in [6.07, 6.45) is 0. The lowest BCUT2D eigenvalue weighted by molar-refractivity contribution is 0.128. The largest absolute Gasteiger partial charge is 0.374 e. The lowest BCUT2D eigenvalue weighted by Gasteiger charge is -2.07. The van der Waals surface area contributed by atoms with E-state index in [2.05, 4.69) is 9.97 Å². The van der Waals surface area contributed by atoms with Gasteiger partial charge in [0.15, 0.2) is 17.5 Å². The van der Waals surface area contributed by atoms with E-state index in [1.54, 1.807) is 0 Å². The third-order valence-corrected chi connectivity index (χ3v) is 2.74. The van der Waals surface area contributed by atoms with Gasteiger partial charge in [-0.25, -0.2) is 18.2 Å². The van der Waals surface area contributed by atoms with Gasteiger partial charge in [-0.05, 0) is 25.1 Å². The van der Waals surface area contributed by atoms with Gasteiger partial charge < -0.3 is 9.72 Å². The van der Waals surface area contributed by atoms with E-state index in [0.29, 0.717) is 18.1 Å². The summed E-state index contributed by atoms with van der Waals surface area (Å²) in [5.41, 5.74) is 0.491. The summed E-state index contributed by atoms with van der Waals surface area (Å²) in [4.78, 5) is 6.88. The Morgan fingerprint density at radius 1 is 1.20 bits per heavy atom. The molecule has 0 saturated heterocycles. The molecule has 0 atom stereocenters. The topological polar surface area (TPSA) is 37.9 Å². The molecule has 20 heavy (non-hydrogen) atoms. The summed E-state index contributed by atoms with van der Waals surface area (Å²) in [5.74, 6) is -3.60. The smallest absolute Gasteiger partial charge is 0.194 e. The number of halogens is 3. The van der Waals surface area contributed by atoms with Gasteiger partial charge in [0, 0.05) is 17.9 Å². The van der Waals surface area contributed by atoms with E-state index in [0.717, 1.165) is 12.1 Å². The number of rotatable bonds is 4. The van der Waals surface area contributed by atoms with Gasteiger partial charge in [0.2, 0.25) is 0 Å². The lowest BCUT2D eigenvalue weighted by Crippen LogP contribution is -2.01. The standard InChI is InChI=1S/C13H11F3N2OS/c1-2-19-6-11-17-10(5-12(20)18-11)7-3-8(14)13(16)9(15)4-7/h3-5H,2,6H2,1H3,(H,17,18,20). The highest BCUT2D eigenvalue weighted by Gasteiger charge is 2.12. The predicted octanol–water partition coefficient (Wildman–Crippen LogP) is 3.76. The van der Waals surface area contributed by atoms with Crippen molar-refractivity contribution in [2.45, 2.75) is 13.5 Å². The predicted molar refractivity (Wildman–Crippen MR) is 70.1 cm³/mol. The van der Waals surface area contributed by atoms with Crippen molar-refractivity contribution in [2.24, 2.45) is 0 Å². The number of nitrogens with one attached hydrogen (secondary N) is 1. The number of hydrogen-bond donors (Lipinski definition) is 1. The normalized spacial score (nSPS) is 10.8. The maximum absolute atomic E-state index is 13.2. The zero-order valence-electron chi connectivity index (χ0n) is 10.5. The van der Waals surface area contributed by atoms with Crippen molar-refractivity contribution in [1.29, 1.82) is 0 Å². The fraction of sp³-hybridized carbons (Fsp3) is 0.231. The molecule has 0 spiro atoms. The summed E-state index contributed by atoms with van der Waals surface area (Å²) in [6.45, 7) is 2.51. The van der Waals surface area contributed by atoms with Gasteiger partial charge in [-0.1, -0.05) is 12.2 Å². The molecule has 2 aromatic rings. The van der Waals surface area contributed by atoms with Crippen LogP contribution in [0.15, 0.2) is 18.2 Å². The van der Waals surface area contributed by atoms with Gasteiger partial charge in [0.05, 0.1) is 0 Å². The molecule has 0 saturated carbocycles. The van der Waals surface area contributed by atoms with Crippen LogP contribution in [0.2, 0.25) is 0 Å². The van der Waals surface area contributed by atoms with Crippen molar-refractivity contribution in [2.75, 3.05) is 6.61 Å². The third-order valence-electron chi connectivity index (χ3n) is 2.53. The van der Waals surface area contributed by atoms with Crippen LogP contribution in [-0.4, -0.2) is 16.6 Å². The van der Waals surface area contributed by atoms with Crippen LogP contribution in [0.25, 0.3) is 11.3 Å². The van der Waals surface area contributed by atoms with E-state index in [9.17, 15) is 13.2 Å². The highest BCUT2D eigenvalue weighted by Crippen LogP contribution is 2.22. The molecule has 0 unspecified atom stereocenters. The zero-order chi connectivity index (χ0) is 14.7. The fourth-order valence-electron chi connectivity index (χ4n) is 1.64. The van der Waals surface area contributed by atoms with Crippen LogP contribution in [0.3, 0.4) is 0 Å². The van der Waals surface area contributed by atoms with Gasteiger partial charge in [-0.15, -0.1) is 0 Å². The Morgan fingerprint density at radius 2 is 1.85 bits per heavy atom. The van der Waals surface area contributed by atoms with Crippen molar-refractivity contribution in [3.05, 3.63) is 46.1 Å². The minimum atomic E-state index is -1.50. The van der Waals surface area contributed by atoms with Crippen LogP contribution in [0.4, 0.5) is 13.2 Å². The number of hydrogen-bond acceptors (Lipinski definition) is 3. The molecule has 0 radical (unpaired) electrons. The van der Waals surface area contributed by atoms with Crippen LogP contribution in [-0.2, 0) is 11.3 Å². The maximum atomic E-state index is 13.2. The molecule has 0 aliphatic carbocycles. The Balaban J connectivity index is 2.47. The zero-order valence-corrected chi connectivity index (χ0v) is 11.4. The van der Waals surface area contributed by atoms with Crippen molar-refractivity contribution in [3.8, 4) is 11.3 Å². The summed E-state index contributed by atoms with van der Waals surface area (Å²) in [7, 11) is 0. The van der Waals surface area contributed by atoms with Gasteiger partial charge in [0.25, 0.3) is 0 Å². The first-order valence-electron chi connectivity index (χ1n) is 5.84. The molecule has 1 N–H and O–H groups in total. The highest BCUT2D eigenvalue weighted by atomic mass is 32.1. The van der Waals surface area contributed by atoms with Crippen LogP contribution in [0.5, 0.6) is 0 Å². The molecule has 106 valence electrons. The van der Waals surface area contributed by atoms with E-state index < -0.39 is 17.5 Å². The number of aromatic nitrogens is 2. The molecular weight excluding hydrogens is 289 g/mol. The van der Waals surface area contributed by atoms with Crippen molar-refractivity contribution >= 4 is 12.2 Å². The molecule has 7 heteroatoms. The van der Waals surface area contributed by atoms with Crippen LogP contribution < -0.4 is 0 Å². The Labute approximate surface area is 118 Å². The molecule has 0 amide bonds. The van der Waals surface area contributed by atoms with E-state index in [1.165, 1.54) is 6.07 Å². The summed E-state index contributed by atoms with van der Waals surface area (Å²) in [6, 6.07) is 3.23. The number of benzene rings is 1. The van der Waals surface area contributed by atoms with Crippen molar-refractivity contribution in [1.82, 2.24) is 9.97 Å². The van der Waals surface area contributed by atoms with Gasteiger partial charge in [-0.3, -0.25) is 0 Å². The molecule has 2 rings (SSSR count). The molecular formula is C13H11F3N2OS. The van der Waals surface area contributed by atoms with Crippen molar-refractivity contribution < 1.29 is 17.9 Å². The molecule has 1 aromatic heterocycles. The van der Waals surface area contributed by atoms with Gasteiger partial charge in [-0.2, -0.15) is 0 Å². The van der Waals surface area contributed by atoms with Crippen LogP contribution >= 0.6 is 12.2 Å². The van der Waals surface area contributed by atoms with Crippen molar-refractivity contribution in [3.63, 3.8) is 0 Å². The summed E-state index contributed by atoms with van der Waals surface area (Å²) in [5, 5.41) is 0. The van der Waals surface area contributed by atoms with E-state index in [-0.39, 0.29) is 16.8 Å². The Kier molecular flexibility index (Phi) is 4.51. The first kappa shape index (κ1) is 14.7. The third kappa shape index (κ3) is 3.23. The van der Waals surface area contributed by atoms with Crippen LogP contribution in [0, 0.1) is 22.1 Å². The molecule has 0 fully saturated rings. The molecule has 1 aromatic carbocycles. The van der Waals surface area contributed by atoms with Crippen LogP contribution in [0.1, 0.15) is 12.7 Å². The lowest BCUT2D eigenvalue weighted by atomic mass is 10.1. The molecule has 0 bridgehead atoms. The minimum Gasteiger partial charge on any atom is -0.374 e. The second-order valence-electron chi connectivity index (χ2n) is 3.97. The molecule has 3 nitrogen and oxygen atoms in total. The maximum Gasteiger partial charge on any atom is 0.194 e. The second-order valence-corrected chi connectivity index (χ2v) is 4.39. The highest BCUT2D eigenvalue weighted by molar-refractivity contribution is 7.71. The number of ether oxygens (including phenoxy) is 1. The number of aromatic amines is 1. The summed E-state index contributed by atoms with van der Waals surface area (Å²) >= 11 is 4.98. The quantitative estimate of drug-likeness (QED) is 0.690. The minimum absolute atomic E-state index is 0.146. The monoisotopic (exact) mass is 300 g/mol. The average Bonchev–Trinajstić information content (AvgIpc) is 2.41. The first-order valence-corrected chi connectivity index (χ1v) is 6.25. The number of H-pyrrole nitrogens is 1. The van der Waals surface area contributed by atoms with E-state index in [1.807, 2.05) is 6.92 Å². The first-order chi connectivity index (χ1) is 9.51. The molecule has 0 aliphatic rings. The second kappa shape index (κ2) is 6.15. The van der Waals surface area contributed by atoms with E-state index in [4.69, 9.17) is 17.0 Å². The Morgan fingerprint density at radius 3 is 2.45 bits per heavy atom. The Hall–Kier alpha value is -1.73. The fourth-order valence-corrected chi connectivity index (χ4v) is 1.87. The summed E-state index contributed by atoms with van der Waals surface area (Å²) < 4.78 is 44.8. The van der Waals surface area contributed by atoms with Gasteiger partial charge in [0.1, 0.15) is 17.1 Å². The number of nitrogens with zero attached hydrogens (tertiary/aromatic N) is 1. The van der Waals surface area contributed by atoms with Gasteiger partial charge >= 0.3 is 0 Å². The SMILES string of the molecule is CCOCc1nc(=S)cc(-c2cc(F)c(F)c(F)c2)[nH]1. The molecule has 0 aliphatic heterocycles. The molecule has 1 heterocycles. The van der Waals surface area contributed by atoms with E-state index >= 15 is 0 Å². The average molecular weight is 300 g/mol. The Bertz CT molecular complexity index is 665.